The van der Waals surface area contributed by atoms with Gasteiger partial charge in [-0.2, -0.15) is 0 Å². The molecule has 0 atom stereocenters. The van der Waals surface area contributed by atoms with E-state index in [1.54, 1.807) is 0 Å². The lowest BCUT2D eigenvalue weighted by molar-refractivity contribution is 0.787. The number of hydrogen-bond donors (Lipinski definition) is 0. The maximum absolute atomic E-state index is 4.36. The predicted molar refractivity (Wildman–Crippen MR) is 70.8 cm³/mol. The van der Waals surface area contributed by atoms with Gasteiger partial charge in [0.15, 0.2) is 0 Å². The van der Waals surface area contributed by atoms with Crippen molar-refractivity contribution >= 4 is 11.0 Å². The zero-order valence-corrected chi connectivity index (χ0v) is 10.8. The van der Waals surface area contributed by atoms with Crippen LogP contribution in [-0.4, -0.2) is 9.55 Å². The molecule has 0 saturated heterocycles. The van der Waals surface area contributed by atoms with Gasteiger partial charge in [0.2, 0.25) is 0 Å². The second-order valence-electron chi connectivity index (χ2n) is 3.91. The van der Waals surface area contributed by atoms with Gasteiger partial charge in [-0.3, -0.25) is 0 Å². The molecule has 0 saturated carbocycles. The van der Waals surface area contributed by atoms with Gasteiger partial charge in [-0.05, 0) is 31.0 Å². The van der Waals surface area contributed by atoms with Crippen LogP contribution in [0.4, 0.5) is 0 Å². The molecule has 16 heavy (non-hydrogen) atoms. The summed E-state index contributed by atoms with van der Waals surface area (Å²) in [5, 5.41) is 0. The third-order valence-corrected chi connectivity index (χ3v) is 2.43. The normalized spacial score (nSPS) is 10.0. The molecular formula is C14H22N2. The first kappa shape index (κ1) is 12.8. The number of aromatic nitrogens is 2. The summed E-state index contributed by atoms with van der Waals surface area (Å²) in [5.41, 5.74) is 3.70. The molecule has 0 amide bonds. The third kappa shape index (κ3) is 2.84. The molecule has 1 aromatic heterocycles. The summed E-state index contributed by atoms with van der Waals surface area (Å²) in [4.78, 5) is 4.36. The summed E-state index contributed by atoms with van der Waals surface area (Å²) in [6, 6.07) is 6.50. The highest BCUT2D eigenvalue weighted by Crippen LogP contribution is 2.14. The highest BCUT2D eigenvalue weighted by molar-refractivity contribution is 5.76. The second-order valence-corrected chi connectivity index (χ2v) is 3.91. The summed E-state index contributed by atoms with van der Waals surface area (Å²) in [7, 11) is 0. The fraction of sp³-hybridized carbons (Fsp3) is 0.500. The van der Waals surface area contributed by atoms with E-state index in [0.717, 1.165) is 18.5 Å². The van der Waals surface area contributed by atoms with E-state index in [2.05, 4.69) is 55.4 Å². The van der Waals surface area contributed by atoms with Gasteiger partial charge >= 0.3 is 0 Å². The number of nitrogens with zero attached hydrogens (tertiary/aromatic N) is 2. The summed E-state index contributed by atoms with van der Waals surface area (Å²) >= 11 is 0. The van der Waals surface area contributed by atoms with E-state index in [9.17, 15) is 0 Å². The van der Waals surface area contributed by atoms with Crippen molar-refractivity contribution in [1.29, 1.82) is 0 Å². The number of rotatable bonds is 2. The van der Waals surface area contributed by atoms with Gasteiger partial charge in [0.25, 0.3) is 0 Å². The van der Waals surface area contributed by atoms with Crippen LogP contribution in [0.1, 0.15) is 39.7 Å². The third-order valence-electron chi connectivity index (χ3n) is 2.43. The Morgan fingerprint density at radius 1 is 1.12 bits per heavy atom. The molecule has 88 valence electrons. The highest BCUT2D eigenvalue weighted by Gasteiger charge is 2.00. The lowest BCUT2D eigenvalue weighted by atomic mass is 10.1. The van der Waals surface area contributed by atoms with Gasteiger partial charge in [-0.1, -0.05) is 33.3 Å². The van der Waals surface area contributed by atoms with E-state index in [1.807, 2.05) is 6.33 Å². The Bertz CT molecular complexity index is 429. The van der Waals surface area contributed by atoms with Crippen molar-refractivity contribution in [3.63, 3.8) is 0 Å². The van der Waals surface area contributed by atoms with E-state index in [4.69, 9.17) is 0 Å². The predicted octanol–water partition coefficient (Wildman–Crippen LogP) is 4.03. The van der Waals surface area contributed by atoms with E-state index < -0.39 is 0 Å². The second kappa shape index (κ2) is 6.31. The fourth-order valence-corrected chi connectivity index (χ4v) is 1.58. The van der Waals surface area contributed by atoms with Crippen LogP contribution >= 0.6 is 0 Å². The number of fused-ring (bicyclic) bond motifs is 1. The lowest BCUT2D eigenvalue weighted by Gasteiger charge is -1.99. The van der Waals surface area contributed by atoms with Crippen LogP contribution in [0.2, 0.25) is 0 Å². The van der Waals surface area contributed by atoms with Gasteiger partial charge < -0.3 is 4.57 Å². The minimum absolute atomic E-state index is 0.988. The van der Waals surface area contributed by atoms with Crippen molar-refractivity contribution in [2.75, 3.05) is 0 Å². The number of aryl methyl sites for hydroxylation is 2. The van der Waals surface area contributed by atoms with Gasteiger partial charge in [0.05, 0.1) is 17.4 Å². The van der Waals surface area contributed by atoms with Crippen LogP contribution < -0.4 is 0 Å². The fourth-order valence-electron chi connectivity index (χ4n) is 1.58. The van der Waals surface area contributed by atoms with Gasteiger partial charge in [0.1, 0.15) is 0 Å². The largest absolute Gasteiger partial charge is 0.331 e. The maximum Gasteiger partial charge on any atom is 0.0958 e. The Balaban J connectivity index is 0.000000386. The smallest absolute Gasteiger partial charge is 0.0958 e. The molecule has 2 heteroatoms. The van der Waals surface area contributed by atoms with Gasteiger partial charge in [-0.15, -0.1) is 0 Å². The van der Waals surface area contributed by atoms with E-state index in [0.29, 0.717) is 0 Å². The average molecular weight is 218 g/mol. The zero-order chi connectivity index (χ0) is 12.0. The Kier molecular flexibility index (Phi) is 5.03. The van der Waals surface area contributed by atoms with Crippen LogP contribution in [0.25, 0.3) is 11.0 Å². The Labute approximate surface area is 98.3 Å². The Morgan fingerprint density at radius 2 is 1.81 bits per heavy atom. The Morgan fingerprint density at radius 3 is 2.38 bits per heavy atom. The molecule has 0 aliphatic carbocycles. The van der Waals surface area contributed by atoms with E-state index in [1.165, 1.54) is 17.5 Å². The van der Waals surface area contributed by atoms with Crippen molar-refractivity contribution in [1.82, 2.24) is 9.55 Å². The number of benzene rings is 1. The molecular weight excluding hydrogens is 196 g/mol. The van der Waals surface area contributed by atoms with Crippen molar-refractivity contribution in [2.45, 2.75) is 47.1 Å². The average Bonchev–Trinajstić information content (AvgIpc) is 2.71. The van der Waals surface area contributed by atoms with Crippen molar-refractivity contribution in [3.05, 3.63) is 30.1 Å². The summed E-state index contributed by atoms with van der Waals surface area (Å²) < 4.78 is 2.16. The summed E-state index contributed by atoms with van der Waals surface area (Å²) in [6.07, 6.45) is 4.24. The van der Waals surface area contributed by atoms with Crippen LogP contribution in [0.15, 0.2) is 24.5 Å². The maximum atomic E-state index is 4.36. The summed E-state index contributed by atoms with van der Waals surface area (Å²) in [6.45, 7) is 9.54. The lowest BCUT2D eigenvalue weighted by Crippen LogP contribution is -1.90. The highest BCUT2D eigenvalue weighted by atomic mass is 15.0. The molecule has 1 heterocycles. The van der Waals surface area contributed by atoms with Gasteiger partial charge in [0, 0.05) is 6.54 Å². The first-order valence-electron chi connectivity index (χ1n) is 6.20. The molecule has 2 aromatic rings. The molecule has 0 fully saturated rings. The van der Waals surface area contributed by atoms with E-state index in [-0.39, 0.29) is 0 Å². The molecule has 0 aliphatic heterocycles. The molecule has 0 aliphatic rings. The van der Waals surface area contributed by atoms with Crippen molar-refractivity contribution in [3.8, 4) is 0 Å². The zero-order valence-electron chi connectivity index (χ0n) is 10.8. The minimum Gasteiger partial charge on any atom is -0.331 e. The van der Waals surface area contributed by atoms with Gasteiger partial charge in [-0.25, -0.2) is 4.98 Å². The van der Waals surface area contributed by atoms with E-state index >= 15 is 0 Å². The first-order valence-corrected chi connectivity index (χ1v) is 6.20. The molecule has 0 bridgehead atoms. The Hall–Kier alpha value is -1.31. The van der Waals surface area contributed by atoms with Crippen LogP contribution in [0.5, 0.6) is 0 Å². The quantitative estimate of drug-likeness (QED) is 0.744. The SMILES string of the molecule is CCC.CCc1ccc2c(c1)ncn2CC. The molecule has 0 N–H and O–H groups in total. The molecule has 0 spiro atoms. The summed E-state index contributed by atoms with van der Waals surface area (Å²) in [5.74, 6) is 0. The standard InChI is InChI=1S/C11H14N2.C3H8/c1-3-9-5-6-11-10(7-9)12-8-13(11)4-2;1-3-2/h5-8H,3-4H2,1-2H3;3H2,1-2H3. The molecule has 2 nitrogen and oxygen atoms in total. The number of imidazole rings is 1. The van der Waals surface area contributed by atoms with Crippen molar-refractivity contribution < 1.29 is 0 Å². The van der Waals surface area contributed by atoms with Crippen LogP contribution in [0.3, 0.4) is 0 Å². The van der Waals surface area contributed by atoms with Crippen molar-refractivity contribution in [2.24, 2.45) is 0 Å². The first-order chi connectivity index (χ1) is 7.76. The molecule has 0 unspecified atom stereocenters. The number of hydrogen-bond acceptors (Lipinski definition) is 1. The molecule has 2 rings (SSSR count). The molecule has 0 radical (unpaired) electrons. The molecule has 1 aromatic carbocycles. The topological polar surface area (TPSA) is 17.8 Å². The van der Waals surface area contributed by atoms with Crippen LogP contribution in [-0.2, 0) is 13.0 Å². The van der Waals surface area contributed by atoms with Crippen LogP contribution in [0, 0.1) is 0 Å². The monoisotopic (exact) mass is 218 g/mol. The minimum atomic E-state index is 0.988.